The average Bonchev–Trinajstić information content (AvgIpc) is 2.97. The monoisotopic (exact) mass is 292 g/mol. The highest BCUT2D eigenvalue weighted by molar-refractivity contribution is 5.95. The van der Waals surface area contributed by atoms with Gasteiger partial charge in [-0.25, -0.2) is 4.98 Å². The first-order valence-corrected chi connectivity index (χ1v) is 6.31. The second-order valence-electron chi connectivity index (χ2n) is 4.67. The maximum Gasteiger partial charge on any atom is 0.311 e. The number of H-pyrrole nitrogens is 1. The molecule has 0 aliphatic heterocycles. The SMILES string of the molecule is Cc1c(C(=O)NC(C)c2n[nH]c(CC(=O)O)n2)cnn1C. The third kappa shape index (κ3) is 3.25. The summed E-state index contributed by atoms with van der Waals surface area (Å²) in [5.74, 6) is -0.699. The van der Waals surface area contributed by atoms with Crippen LogP contribution >= 0.6 is 0 Å². The van der Waals surface area contributed by atoms with Crippen LogP contribution in [0, 0.1) is 6.92 Å². The van der Waals surface area contributed by atoms with Gasteiger partial charge in [0, 0.05) is 12.7 Å². The number of carbonyl (C=O) groups is 2. The maximum absolute atomic E-state index is 12.1. The predicted octanol–water partition coefficient (Wildman–Crippen LogP) is -0.0353. The number of carboxylic acids is 1. The molecule has 21 heavy (non-hydrogen) atoms. The van der Waals surface area contributed by atoms with Crippen LogP contribution in [-0.2, 0) is 18.3 Å². The van der Waals surface area contributed by atoms with E-state index in [0.29, 0.717) is 11.4 Å². The van der Waals surface area contributed by atoms with Gasteiger partial charge in [-0.15, -0.1) is 0 Å². The Bertz CT molecular complexity index is 674. The zero-order valence-electron chi connectivity index (χ0n) is 11.9. The first-order valence-electron chi connectivity index (χ1n) is 6.31. The lowest BCUT2D eigenvalue weighted by molar-refractivity contribution is -0.136. The average molecular weight is 292 g/mol. The van der Waals surface area contributed by atoms with E-state index in [9.17, 15) is 9.59 Å². The van der Waals surface area contributed by atoms with Gasteiger partial charge in [0.15, 0.2) is 5.82 Å². The van der Waals surface area contributed by atoms with Crippen molar-refractivity contribution in [2.45, 2.75) is 26.3 Å². The molecule has 0 radical (unpaired) electrons. The summed E-state index contributed by atoms with van der Waals surface area (Å²) in [6, 6.07) is -0.448. The Labute approximate surface area is 120 Å². The van der Waals surface area contributed by atoms with E-state index in [-0.39, 0.29) is 18.2 Å². The molecule has 2 aromatic rings. The molecule has 2 aromatic heterocycles. The third-order valence-corrected chi connectivity index (χ3v) is 3.08. The number of nitrogens with zero attached hydrogens (tertiary/aromatic N) is 4. The Kier molecular flexibility index (Phi) is 4.01. The summed E-state index contributed by atoms with van der Waals surface area (Å²) in [5.41, 5.74) is 1.23. The summed E-state index contributed by atoms with van der Waals surface area (Å²) in [7, 11) is 1.75. The number of aromatic amines is 1. The molecule has 0 saturated heterocycles. The zero-order chi connectivity index (χ0) is 15.6. The Morgan fingerprint density at radius 2 is 2.24 bits per heavy atom. The van der Waals surface area contributed by atoms with E-state index in [4.69, 9.17) is 5.11 Å². The largest absolute Gasteiger partial charge is 0.481 e. The van der Waals surface area contributed by atoms with Crippen LogP contribution in [0.4, 0.5) is 0 Å². The van der Waals surface area contributed by atoms with E-state index >= 15 is 0 Å². The minimum absolute atomic E-state index is 0.241. The Hall–Kier alpha value is -2.71. The van der Waals surface area contributed by atoms with Crippen molar-refractivity contribution in [2.75, 3.05) is 0 Å². The number of nitrogens with one attached hydrogen (secondary N) is 2. The van der Waals surface area contributed by atoms with Crippen molar-refractivity contribution in [3.05, 3.63) is 29.1 Å². The molecular formula is C12H16N6O3. The highest BCUT2D eigenvalue weighted by Gasteiger charge is 2.19. The number of aliphatic carboxylic acids is 1. The summed E-state index contributed by atoms with van der Waals surface area (Å²) in [6.45, 7) is 3.52. The molecule has 0 spiro atoms. The number of hydrogen-bond donors (Lipinski definition) is 3. The molecule has 0 aliphatic carbocycles. The van der Waals surface area contributed by atoms with Gasteiger partial charge in [0.1, 0.15) is 12.2 Å². The molecule has 9 nitrogen and oxygen atoms in total. The van der Waals surface area contributed by atoms with Crippen LogP contribution in [0.3, 0.4) is 0 Å². The molecule has 112 valence electrons. The van der Waals surface area contributed by atoms with Gasteiger partial charge in [-0.3, -0.25) is 19.4 Å². The van der Waals surface area contributed by atoms with Crippen LogP contribution in [0.1, 0.15) is 40.7 Å². The highest BCUT2D eigenvalue weighted by atomic mass is 16.4. The second kappa shape index (κ2) is 5.73. The number of hydrogen-bond acceptors (Lipinski definition) is 5. The molecule has 2 heterocycles. The topological polar surface area (TPSA) is 126 Å². The fourth-order valence-electron chi connectivity index (χ4n) is 1.79. The van der Waals surface area contributed by atoms with E-state index in [0.717, 1.165) is 5.69 Å². The van der Waals surface area contributed by atoms with Crippen molar-refractivity contribution in [2.24, 2.45) is 7.05 Å². The fraction of sp³-hybridized carbons (Fsp3) is 0.417. The standard InChI is InChI=1S/C12H16N6O3/c1-6(11-15-9(16-17-11)4-10(19)20)14-12(21)8-5-13-18(3)7(8)2/h5-6H,4H2,1-3H3,(H,14,21)(H,19,20)(H,15,16,17). The molecule has 0 aliphatic rings. The Balaban J connectivity index is 2.05. The van der Waals surface area contributed by atoms with Crippen molar-refractivity contribution in [3.8, 4) is 0 Å². The van der Waals surface area contributed by atoms with Crippen molar-refractivity contribution in [3.63, 3.8) is 0 Å². The highest BCUT2D eigenvalue weighted by Crippen LogP contribution is 2.10. The lowest BCUT2D eigenvalue weighted by atomic mass is 10.2. The normalized spacial score (nSPS) is 12.1. The number of amides is 1. The van der Waals surface area contributed by atoms with E-state index in [1.165, 1.54) is 6.20 Å². The molecule has 0 saturated carbocycles. The maximum atomic E-state index is 12.1. The molecule has 1 amide bonds. The first-order chi connectivity index (χ1) is 9.88. The first kappa shape index (κ1) is 14.7. The Morgan fingerprint density at radius 1 is 1.52 bits per heavy atom. The summed E-state index contributed by atoms with van der Waals surface area (Å²) < 4.78 is 1.61. The number of rotatable bonds is 5. The molecule has 0 fully saturated rings. The van der Waals surface area contributed by atoms with Gasteiger partial charge >= 0.3 is 5.97 Å². The van der Waals surface area contributed by atoms with Crippen molar-refractivity contribution >= 4 is 11.9 Å². The summed E-state index contributed by atoms with van der Waals surface area (Å²) in [6.07, 6.45) is 1.25. The fourth-order valence-corrected chi connectivity index (χ4v) is 1.79. The molecule has 2 rings (SSSR count). The van der Waals surface area contributed by atoms with Crippen LogP contribution in [0.2, 0.25) is 0 Å². The minimum Gasteiger partial charge on any atom is -0.481 e. The molecule has 9 heteroatoms. The van der Waals surface area contributed by atoms with Gasteiger partial charge in [-0.05, 0) is 13.8 Å². The summed E-state index contributed by atoms with van der Waals surface area (Å²) in [5, 5.41) is 21.9. The minimum atomic E-state index is -1.000. The zero-order valence-corrected chi connectivity index (χ0v) is 11.9. The van der Waals surface area contributed by atoms with E-state index in [1.54, 1.807) is 25.6 Å². The van der Waals surface area contributed by atoms with Gasteiger partial charge in [0.05, 0.1) is 17.8 Å². The van der Waals surface area contributed by atoms with Crippen LogP contribution in [0.15, 0.2) is 6.20 Å². The lowest BCUT2D eigenvalue weighted by Crippen LogP contribution is -2.27. The Morgan fingerprint density at radius 3 is 2.81 bits per heavy atom. The van der Waals surface area contributed by atoms with Crippen LogP contribution < -0.4 is 5.32 Å². The van der Waals surface area contributed by atoms with Crippen molar-refractivity contribution in [1.29, 1.82) is 0 Å². The summed E-state index contributed by atoms with van der Waals surface area (Å²) >= 11 is 0. The number of carboxylic acid groups (broad SMARTS) is 1. The summed E-state index contributed by atoms with van der Waals surface area (Å²) in [4.78, 5) is 26.7. The third-order valence-electron chi connectivity index (χ3n) is 3.08. The molecule has 1 atom stereocenters. The van der Waals surface area contributed by atoms with Gasteiger partial charge in [-0.2, -0.15) is 10.2 Å². The van der Waals surface area contributed by atoms with Gasteiger partial charge < -0.3 is 10.4 Å². The van der Waals surface area contributed by atoms with E-state index in [2.05, 4.69) is 25.6 Å². The number of carbonyl (C=O) groups excluding carboxylic acids is 1. The molecule has 1 unspecified atom stereocenters. The van der Waals surface area contributed by atoms with E-state index < -0.39 is 12.0 Å². The molecule has 0 bridgehead atoms. The van der Waals surface area contributed by atoms with E-state index in [1.807, 2.05) is 0 Å². The lowest BCUT2D eigenvalue weighted by Gasteiger charge is -2.09. The van der Waals surface area contributed by atoms with Crippen LogP contribution in [0.25, 0.3) is 0 Å². The molecule has 0 aromatic carbocycles. The molecule has 3 N–H and O–H groups in total. The van der Waals surface area contributed by atoms with Crippen molar-refractivity contribution < 1.29 is 14.7 Å². The predicted molar refractivity (Wildman–Crippen MR) is 71.5 cm³/mol. The van der Waals surface area contributed by atoms with Gasteiger partial charge in [0.2, 0.25) is 0 Å². The quantitative estimate of drug-likeness (QED) is 0.710. The van der Waals surface area contributed by atoms with Gasteiger partial charge in [-0.1, -0.05) is 0 Å². The second-order valence-corrected chi connectivity index (χ2v) is 4.67. The van der Waals surface area contributed by atoms with Gasteiger partial charge in [0.25, 0.3) is 5.91 Å². The van der Waals surface area contributed by atoms with Crippen LogP contribution in [0.5, 0.6) is 0 Å². The number of aromatic nitrogens is 5. The molecular weight excluding hydrogens is 276 g/mol. The smallest absolute Gasteiger partial charge is 0.311 e. The van der Waals surface area contributed by atoms with Crippen LogP contribution in [-0.4, -0.2) is 41.9 Å². The van der Waals surface area contributed by atoms with Crippen molar-refractivity contribution in [1.82, 2.24) is 30.3 Å². The number of aryl methyl sites for hydroxylation is 1.